The quantitative estimate of drug-likeness (QED) is 0.470. The summed E-state index contributed by atoms with van der Waals surface area (Å²) in [5.74, 6) is -0.304. The molecule has 0 atom stereocenters. The topological polar surface area (TPSA) is 71.6 Å². The van der Waals surface area contributed by atoms with E-state index in [4.69, 9.17) is 0 Å². The van der Waals surface area contributed by atoms with E-state index in [9.17, 15) is 9.18 Å². The van der Waals surface area contributed by atoms with Crippen LogP contribution in [0.1, 0.15) is 28.7 Å². The van der Waals surface area contributed by atoms with Gasteiger partial charge in [0.2, 0.25) is 0 Å². The summed E-state index contributed by atoms with van der Waals surface area (Å²) >= 11 is 0. The van der Waals surface area contributed by atoms with Crippen molar-refractivity contribution < 1.29 is 9.18 Å². The van der Waals surface area contributed by atoms with Gasteiger partial charge in [-0.05, 0) is 26.0 Å². The summed E-state index contributed by atoms with van der Waals surface area (Å²) in [6, 6.07) is 10.5. The molecule has 4 aromatic rings. The van der Waals surface area contributed by atoms with E-state index in [2.05, 4.69) is 20.1 Å². The van der Waals surface area contributed by atoms with E-state index < -0.39 is 0 Å². The maximum absolute atomic E-state index is 14.0. The largest absolute Gasteiger partial charge is 0.335 e. The number of nitrogens with zero attached hydrogens (tertiary/aromatic N) is 7. The van der Waals surface area contributed by atoms with Gasteiger partial charge in [-0.25, -0.2) is 13.9 Å². The highest BCUT2D eigenvalue weighted by Crippen LogP contribution is 2.24. The number of aromatic nitrogens is 5. The second-order valence-electron chi connectivity index (χ2n) is 8.25. The summed E-state index contributed by atoms with van der Waals surface area (Å²) in [4.78, 5) is 21.6. The third kappa shape index (κ3) is 4.00. The predicted molar refractivity (Wildman–Crippen MR) is 122 cm³/mol. The molecule has 0 radical (unpaired) electrons. The van der Waals surface area contributed by atoms with E-state index in [0.29, 0.717) is 49.6 Å². The maximum Gasteiger partial charge on any atom is 0.274 e. The second kappa shape index (κ2) is 8.74. The fourth-order valence-electron chi connectivity index (χ4n) is 4.36. The highest BCUT2D eigenvalue weighted by Gasteiger charge is 2.25. The van der Waals surface area contributed by atoms with Crippen LogP contribution >= 0.6 is 0 Å². The molecule has 8 nitrogen and oxygen atoms in total. The normalized spacial score (nSPS) is 14.8. The van der Waals surface area contributed by atoms with Crippen molar-refractivity contribution in [3.8, 4) is 11.3 Å². The number of piperazine rings is 1. The first-order chi connectivity index (χ1) is 16.0. The van der Waals surface area contributed by atoms with Crippen LogP contribution in [-0.4, -0.2) is 66.3 Å². The lowest BCUT2D eigenvalue weighted by Crippen LogP contribution is -2.48. The number of hydrogen-bond donors (Lipinski definition) is 0. The number of hydrogen-bond acceptors (Lipinski definition) is 5. The summed E-state index contributed by atoms with van der Waals surface area (Å²) in [7, 11) is 0. The molecule has 1 aromatic carbocycles. The summed E-state index contributed by atoms with van der Waals surface area (Å²) < 4.78 is 17.6. The van der Waals surface area contributed by atoms with Crippen molar-refractivity contribution in [3.05, 3.63) is 71.6 Å². The molecule has 1 saturated heterocycles. The van der Waals surface area contributed by atoms with E-state index in [1.165, 1.54) is 6.07 Å². The molecule has 1 amide bonds. The summed E-state index contributed by atoms with van der Waals surface area (Å²) in [5.41, 5.74) is 4.53. The number of rotatable bonds is 5. The van der Waals surface area contributed by atoms with Gasteiger partial charge < -0.3 is 4.90 Å². The molecule has 0 aliphatic carbocycles. The Hall–Kier alpha value is -3.59. The molecular formula is C24H26FN7O. The van der Waals surface area contributed by atoms with Crippen LogP contribution in [0.5, 0.6) is 0 Å². The van der Waals surface area contributed by atoms with Crippen molar-refractivity contribution in [1.29, 1.82) is 0 Å². The first kappa shape index (κ1) is 21.3. The highest BCUT2D eigenvalue weighted by molar-refractivity contribution is 5.93. The number of carbonyl (C=O) groups excluding carboxylic acids is 1. The average molecular weight is 448 g/mol. The van der Waals surface area contributed by atoms with Crippen molar-refractivity contribution in [2.75, 3.05) is 26.2 Å². The van der Waals surface area contributed by atoms with Gasteiger partial charge in [-0.1, -0.05) is 18.2 Å². The Balaban J connectivity index is 1.32. The van der Waals surface area contributed by atoms with Gasteiger partial charge >= 0.3 is 0 Å². The molecule has 0 unspecified atom stereocenters. The summed E-state index contributed by atoms with van der Waals surface area (Å²) in [5, 5.41) is 9.03. The standard InChI is InChI=1S/C24H26FN7O/c1-3-31-17(2)19(15-27-31)22-8-9-26-23-14-21(28-32(22)23)24(33)30-12-10-29(11-13-30)16-18-6-4-5-7-20(18)25/h4-9,14-15H,3,10-13,16H2,1-2H3. The number of amides is 1. The van der Waals surface area contributed by atoms with Crippen molar-refractivity contribution in [2.45, 2.75) is 26.9 Å². The van der Waals surface area contributed by atoms with Gasteiger partial charge in [-0.2, -0.15) is 10.2 Å². The van der Waals surface area contributed by atoms with Crippen LogP contribution in [0.3, 0.4) is 0 Å². The molecule has 1 fully saturated rings. The highest BCUT2D eigenvalue weighted by atomic mass is 19.1. The molecule has 33 heavy (non-hydrogen) atoms. The lowest BCUT2D eigenvalue weighted by atomic mass is 10.2. The summed E-state index contributed by atoms with van der Waals surface area (Å²) in [6.07, 6.45) is 3.55. The molecular weight excluding hydrogens is 421 g/mol. The zero-order valence-corrected chi connectivity index (χ0v) is 18.8. The van der Waals surface area contributed by atoms with Crippen LogP contribution in [0.2, 0.25) is 0 Å². The fraction of sp³-hybridized carbons (Fsp3) is 0.333. The lowest BCUT2D eigenvalue weighted by molar-refractivity contribution is 0.0621. The van der Waals surface area contributed by atoms with Crippen molar-refractivity contribution in [2.24, 2.45) is 0 Å². The van der Waals surface area contributed by atoms with Crippen molar-refractivity contribution in [3.63, 3.8) is 0 Å². The molecule has 0 bridgehead atoms. The third-order valence-corrected chi connectivity index (χ3v) is 6.27. The van der Waals surface area contributed by atoms with E-state index in [-0.39, 0.29) is 11.7 Å². The van der Waals surface area contributed by atoms with E-state index in [1.807, 2.05) is 36.9 Å². The average Bonchev–Trinajstić information content (AvgIpc) is 3.44. The molecule has 1 aliphatic rings. The number of halogens is 1. The third-order valence-electron chi connectivity index (χ3n) is 6.27. The Bertz CT molecular complexity index is 1300. The molecule has 5 rings (SSSR count). The Morgan fingerprint density at radius 3 is 2.64 bits per heavy atom. The van der Waals surface area contributed by atoms with Gasteiger partial charge in [-0.3, -0.25) is 14.4 Å². The van der Waals surface area contributed by atoms with Gasteiger partial charge in [0, 0.05) is 68.4 Å². The van der Waals surface area contributed by atoms with Crippen LogP contribution in [0.15, 0.2) is 48.8 Å². The van der Waals surface area contributed by atoms with Crippen LogP contribution in [0.4, 0.5) is 4.39 Å². The van der Waals surface area contributed by atoms with Crippen molar-refractivity contribution in [1.82, 2.24) is 34.2 Å². The maximum atomic E-state index is 14.0. The molecule has 170 valence electrons. The minimum absolute atomic E-state index is 0.113. The predicted octanol–water partition coefficient (Wildman–Crippen LogP) is 3.02. The Kier molecular flexibility index (Phi) is 5.63. The van der Waals surface area contributed by atoms with Gasteiger partial charge in [-0.15, -0.1) is 0 Å². The van der Waals surface area contributed by atoms with E-state index in [0.717, 1.165) is 23.5 Å². The number of fused-ring (bicyclic) bond motifs is 1. The Morgan fingerprint density at radius 1 is 1.12 bits per heavy atom. The molecule has 3 aromatic heterocycles. The van der Waals surface area contributed by atoms with Gasteiger partial charge in [0.05, 0.1) is 11.9 Å². The molecule has 4 heterocycles. The van der Waals surface area contributed by atoms with E-state index >= 15 is 0 Å². The fourth-order valence-corrected chi connectivity index (χ4v) is 4.36. The first-order valence-corrected chi connectivity index (χ1v) is 11.2. The zero-order chi connectivity index (χ0) is 22.9. The number of carbonyl (C=O) groups is 1. The molecule has 1 aliphatic heterocycles. The molecule has 0 saturated carbocycles. The monoisotopic (exact) mass is 447 g/mol. The van der Waals surface area contributed by atoms with Gasteiger partial charge in [0.25, 0.3) is 5.91 Å². The Labute approximate surface area is 191 Å². The van der Waals surface area contributed by atoms with Crippen molar-refractivity contribution >= 4 is 11.6 Å². The zero-order valence-electron chi connectivity index (χ0n) is 18.8. The van der Waals surface area contributed by atoms with Gasteiger partial charge in [0.15, 0.2) is 11.3 Å². The lowest BCUT2D eigenvalue weighted by Gasteiger charge is -2.34. The smallest absolute Gasteiger partial charge is 0.274 e. The van der Waals surface area contributed by atoms with Crippen LogP contribution in [0, 0.1) is 12.7 Å². The molecule has 0 N–H and O–H groups in total. The Morgan fingerprint density at radius 2 is 1.91 bits per heavy atom. The second-order valence-corrected chi connectivity index (χ2v) is 8.25. The molecule has 9 heteroatoms. The number of benzene rings is 1. The van der Waals surface area contributed by atoms with Gasteiger partial charge in [0.1, 0.15) is 5.82 Å². The summed E-state index contributed by atoms with van der Waals surface area (Å²) in [6.45, 7) is 7.92. The van der Waals surface area contributed by atoms with Crippen LogP contribution in [-0.2, 0) is 13.1 Å². The minimum atomic E-state index is -0.191. The first-order valence-electron chi connectivity index (χ1n) is 11.2. The minimum Gasteiger partial charge on any atom is -0.335 e. The molecule has 0 spiro atoms. The van der Waals surface area contributed by atoms with Crippen LogP contribution in [0.25, 0.3) is 16.9 Å². The van der Waals surface area contributed by atoms with Crippen LogP contribution < -0.4 is 0 Å². The number of aryl methyl sites for hydroxylation is 1. The SMILES string of the molecule is CCn1ncc(-c2ccnc3cc(C(=O)N4CCN(Cc5ccccc5F)CC4)nn23)c1C. The van der Waals surface area contributed by atoms with E-state index in [1.54, 1.807) is 33.8 Å².